The van der Waals surface area contributed by atoms with Gasteiger partial charge in [0, 0.05) is 0 Å². The number of hydrogen-bond donors (Lipinski definition) is 2. The molecule has 4 aromatic rings. The molecule has 0 heterocycles. The molecule has 10 heteroatoms. The van der Waals surface area contributed by atoms with Crippen LogP contribution in [0.2, 0.25) is 0 Å². The number of rotatable bonds is 7. The molecule has 6 nitrogen and oxygen atoms in total. The van der Waals surface area contributed by atoms with Crippen LogP contribution in [0.4, 0.5) is 0 Å². The Morgan fingerprint density at radius 2 is 0.921 bits per heavy atom. The van der Waals surface area contributed by atoms with E-state index in [1.54, 1.807) is 48.6 Å². The van der Waals surface area contributed by atoms with Crippen LogP contribution < -0.4 is 59.1 Å². The molecule has 0 saturated heterocycles. The molecule has 38 heavy (non-hydrogen) atoms. The van der Waals surface area contributed by atoms with E-state index in [9.17, 15) is 25.9 Å². The third-order valence-electron chi connectivity index (χ3n) is 5.49. The van der Waals surface area contributed by atoms with Gasteiger partial charge in [0.2, 0.25) is 0 Å². The van der Waals surface area contributed by atoms with E-state index in [1.165, 1.54) is 24.3 Å². The molecule has 0 aliphatic carbocycles. The second kappa shape index (κ2) is 14.0. The van der Waals surface area contributed by atoms with Gasteiger partial charge >= 0.3 is 59.1 Å². The van der Waals surface area contributed by atoms with E-state index >= 15 is 0 Å². The quantitative estimate of drug-likeness (QED) is 0.191. The summed E-state index contributed by atoms with van der Waals surface area (Å²) in [7, 11) is -8.83. The maximum Gasteiger partial charge on any atom is 1.00 e. The molecule has 0 unspecified atom stereocenters. The molecule has 0 saturated carbocycles. The average molecular weight is 567 g/mol. The number of hydrogen-bond acceptors (Lipinski definition) is 4. The Bertz CT molecular complexity index is 1690. The summed E-state index contributed by atoms with van der Waals surface area (Å²) in [5, 5.41) is 0. The van der Waals surface area contributed by atoms with E-state index in [0.717, 1.165) is 22.3 Å². The predicted octanol–water partition coefficient (Wildman–Crippen LogP) is 0.421. The third-order valence-corrected chi connectivity index (χ3v) is 7.35. The Labute approximate surface area is 270 Å². The maximum atomic E-state index is 11.8. The maximum absolute atomic E-state index is 11.8. The van der Waals surface area contributed by atoms with Crippen molar-refractivity contribution in [3.8, 4) is 11.1 Å². The van der Waals surface area contributed by atoms with Crippen LogP contribution in [0.5, 0.6) is 0 Å². The fraction of sp³-hybridized carbons (Fsp3) is 0. The van der Waals surface area contributed by atoms with Gasteiger partial charge < -0.3 is 2.85 Å². The van der Waals surface area contributed by atoms with Crippen molar-refractivity contribution < 1.29 is 87.9 Å². The van der Waals surface area contributed by atoms with Crippen LogP contribution in [-0.2, 0) is 20.2 Å². The molecule has 0 atom stereocenters. The van der Waals surface area contributed by atoms with E-state index < -0.39 is 20.2 Å². The molecule has 0 radical (unpaired) electrons. The molecule has 0 amide bonds. The molecular weight excluding hydrogens is 542 g/mol. The van der Waals surface area contributed by atoms with Gasteiger partial charge in [0.1, 0.15) is 9.79 Å². The van der Waals surface area contributed by atoms with Crippen molar-refractivity contribution in [3.63, 3.8) is 0 Å². The minimum atomic E-state index is -4.42. The summed E-state index contributed by atoms with van der Waals surface area (Å²) in [6, 6.07) is 27.4. The minimum Gasteiger partial charge on any atom is -1.00 e. The average Bonchev–Trinajstić information content (AvgIpc) is 2.86. The van der Waals surface area contributed by atoms with Crippen molar-refractivity contribution in [3.05, 3.63) is 119 Å². The van der Waals surface area contributed by atoms with E-state index in [4.69, 9.17) is 0 Å². The summed E-state index contributed by atoms with van der Waals surface area (Å²) in [5.74, 6) is 0. The molecule has 186 valence electrons. The first-order chi connectivity index (χ1) is 17.1. The molecule has 0 fully saturated rings. The van der Waals surface area contributed by atoms with Crippen molar-refractivity contribution >= 4 is 44.5 Å². The van der Waals surface area contributed by atoms with Crippen LogP contribution >= 0.6 is 0 Å². The molecular formula is C28H24Na2O6S2. The van der Waals surface area contributed by atoms with Crippen molar-refractivity contribution in [2.75, 3.05) is 0 Å². The first kappa shape index (κ1) is 32.4. The third kappa shape index (κ3) is 8.09. The fourth-order valence-corrected chi connectivity index (χ4v) is 5.21. The zero-order chi connectivity index (χ0) is 25.8. The molecule has 0 aliphatic heterocycles. The fourth-order valence-electron chi connectivity index (χ4n) is 3.84. The minimum absolute atomic E-state index is 0. The summed E-state index contributed by atoms with van der Waals surface area (Å²) in [5.41, 5.74) is 3.89. The van der Waals surface area contributed by atoms with Crippen LogP contribution in [-0.4, -0.2) is 25.9 Å². The smallest absolute Gasteiger partial charge is 1.00 e. The van der Waals surface area contributed by atoms with E-state index in [1.807, 2.05) is 48.5 Å². The summed E-state index contributed by atoms with van der Waals surface area (Å²) in [4.78, 5) is -0.419. The van der Waals surface area contributed by atoms with Gasteiger partial charge in [-0.25, -0.2) is 0 Å². The van der Waals surface area contributed by atoms with Crippen molar-refractivity contribution in [2.24, 2.45) is 0 Å². The normalized spacial score (nSPS) is 11.7. The Kier molecular flexibility index (Phi) is 11.9. The van der Waals surface area contributed by atoms with E-state index in [0.29, 0.717) is 11.1 Å². The largest absolute Gasteiger partial charge is 1.00 e. The summed E-state index contributed by atoms with van der Waals surface area (Å²) >= 11 is 0. The number of benzene rings is 4. The second-order valence-corrected chi connectivity index (χ2v) is 10.6. The SMILES string of the molecule is O=S(=O)(O)c1ccccc1C=Cc1cccc(-c2ccccc2)c1C=Cc1ccccc1S(=O)(=O)O.[H-].[H-].[Na+].[Na+]. The van der Waals surface area contributed by atoms with Crippen LogP contribution in [0.25, 0.3) is 35.4 Å². The second-order valence-electron chi connectivity index (χ2n) is 7.87. The monoisotopic (exact) mass is 566 g/mol. The molecule has 4 rings (SSSR count). The van der Waals surface area contributed by atoms with Crippen molar-refractivity contribution in [1.82, 2.24) is 0 Å². The first-order valence-corrected chi connectivity index (χ1v) is 13.7. The molecule has 0 aromatic heterocycles. The van der Waals surface area contributed by atoms with Crippen LogP contribution in [0.15, 0.2) is 107 Å². The topological polar surface area (TPSA) is 109 Å². The van der Waals surface area contributed by atoms with Crippen molar-refractivity contribution in [2.45, 2.75) is 9.79 Å². The Morgan fingerprint density at radius 1 is 0.500 bits per heavy atom. The van der Waals surface area contributed by atoms with Gasteiger partial charge in [-0.3, -0.25) is 9.11 Å². The molecule has 0 aliphatic rings. The molecule has 0 spiro atoms. The first-order valence-electron chi connectivity index (χ1n) is 10.8. The summed E-state index contributed by atoms with van der Waals surface area (Å²) in [6.07, 6.45) is 6.68. The Hall–Kier alpha value is -1.82. The summed E-state index contributed by atoms with van der Waals surface area (Å²) in [6.45, 7) is 0. The Morgan fingerprint density at radius 3 is 1.45 bits per heavy atom. The Balaban J connectivity index is 0.00000380. The van der Waals surface area contributed by atoms with Gasteiger partial charge in [0.05, 0.1) is 0 Å². The zero-order valence-corrected chi connectivity index (χ0v) is 26.5. The van der Waals surface area contributed by atoms with E-state index in [2.05, 4.69) is 0 Å². The zero-order valence-electron chi connectivity index (χ0n) is 22.9. The predicted molar refractivity (Wildman–Crippen MR) is 144 cm³/mol. The van der Waals surface area contributed by atoms with Gasteiger partial charge in [-0.2, -0.15) is 16.8 Å². The molecule has 2 N–H and O–H groups in total. The van der Waals surface area contributed by atoms with Gasteiger partial charge in [-0.1, -0.05) is 109 Å². The standard InChI is InChI=1S/C28H22O6S2.2Na.2H/c29-35(30,31)27-15-6-4-11-23(27)18-17-22-13-8-14-25(21-9-2-1-3-10-21)26(22)20-19-24-12-5-7-16-28(24)36(32,33)34;;;;/h1-20H,(H,29,30,31)(H,32,33,34);;;;/q;2*+1;2*-1. The van der Waals surface area contributed by atoms with Crippen molar-refractivity contribution in [1.29, 1.82) is 0 Å². The van der Waals surface area contributed by atoms with Gasteiger partial charge in [0.15, 0.2) is 0 Å². The van der Waals surface area contributed by atoms with E-state index in [-0.39, 0.29) is 71.8 Å². The van der Waals surface area contributed by atoms with Crippen LogP contribution in [0, 0.1) is 0 Å². The van der Waals surface area contributed by atoms with Crippen LogP contribution in [0.3, 0.4) is 0 Å². The summed E-state index contributed by atoms with van der Waals surface area (Å²) < 4.78 is 66.4. The molecule has 4 aromatic carbocycles. The van der Waals surface area contributed by atoms with Gasteiger partial charge in [0.25, 0.3) is 20.2 Å². The van der Waals surface area contributed by atoms with Crippen LogP contribution in [0.1, 0.15) is 25.1 Å². The molecule has 0 bridgehead atoms. The van der Waals surface area contributed by atoms with Gasteiger partial charge in [-0.15, -0.1) is 0 Å². The van der Waals surface area contributed by atoms with Gasteiger partial charge in [-0.05, 0) is 45.5 Å².